The van der Waals surface area contributed by atoms with E-state index in [4.69, 9.17) is 4.74 Å². The van der Waals surface area contributed by atoms with E-state index >= 15 is 0 Å². The molecule has 3 rings (SSSR count). The number of aldehydes is 1. The maximum atomic E-state index is 15.0. The van der Waals surface area contributed by atoms with Crippen molar-refractivity contribution in [1.29, 1.82) is 0 Å². The van der Waals surface area contributed by atoms with Crippen LogP contribution in [-0.4, -0.2) is 53.8 Å². The van der Waals surface area contributed by atoms with E-state index < -0.39 is 5.60 Å². The van der Waals surface area contributed by atoms with E-state index in [-0.39, 0.29) is 30.3 Å². The summed E-state index contributed by atoms with van der Waals surface area (Å²) in [4.78, 5) is 39.8. The summed E-state index contributed by atoms with van der Waals surface area (Å²) in [6, 6.07) is 11.5. The molecule has 0 unspecified atom stereocenters. The molecule has 0 bridgehead atoms. The maximum absolute atomic E-state index is 15.0. The Hall–Kier alpha value is -3.22. The van der Waals surface area contributed by atoms with Gasteiger partial charge in [-0.1, -0.05) is 30.3 Å². The Morgan fingerprint density at radius 3 is 2.42 bits per heavy atom. The number of rotatable bonds is 5. The van der Waals surface area contributed by atoms with Crippen LogP contribution in [0, 0.1) is 5.82 Å². The summed E-state index contributed by atoms with van der Waals surface area (Å²) in [5.41, 5.74) is 1.39. The minimum Gasteiger partial charge on any atom is -0.444 e. The van der Waals surface area contributed by atoms with Gasteiger partial charge in [-0.25, -0.2) is 9.18 Å². The Labute approximate surface area is 194 Å². The Balaban J connectivity index is 1.74. The Kier molecular flexibility index (Phi) is 7.51. The monoisotopic (exact) mass is 454 g/mol. The van der Waals surface area contributed by atoms with Crippen LogP contribution in [0.5, 0.6) is 0 Å². The maximum Gasteiger partial charge on any atom is 0.410 e. The van der Waals surface area contributed by atoms with Gasteiger partial charge in [0.15, 0.2) is 6.29 Å². The summed E-state index contributed by atoms with van der Waals surface area (Å²) in [7, 11) is 1.64. The SMILES string of the molecule is CN(Cc1cccc(F)c1C1CCN(C(=O)OC(C)(C)C)CC1)C(=O)c1ccccc1C=O. The first-order valence-corrected chi connectivity index (χ1v) is 11.2. The van der Waals surface area contributed by atoms with Gasteiger partial charge in [-0.15, -0.1) is 0 Å². The zero-order valence-electron chi connectivity index (χ0n) is 19.6. The van der Waals surface area contributed by atoms with Crippen molar-refractivity contribution in [2.24, 2.45) is 0 Å². The van der Waals surface area contributed by atoms with Crippen molar-refractivity contribution in [2.45, 2.75) is 51.7 Å². The lowest BCUT2D eigenvalue weighted by atomic mass is 9.86. The lowest BCUT2D eigenvalue weighted by Gasteiger charge is -2.34. The number of hydrogen-bond donors (Lipinski definition) is 0. The molecule has 1 fully saturated rings. The van der Waals surface area contributed by atoms with Crippen LogP contribution in [0.2, 0.25) is 0 Å². The third-order valence-corrected chi connectivity index (χ3v) is 5.77. The highest BCUT2D eigenvalue weighted by Gasteiger charge is 2.30. The number of ether oxygens (including phenoxy) is 1. The first kappa shape index (κ1) is 24.4. The predicted molar refractivity (Wildman–Crippen MR) is 124 cm³/mol. The molecule has 1 aliphatic rings. The third-order valence-electron chi connectivity index (χ3n) is 5.77. The fraction of sp³-hybridized carbons (Fsp3) is 0.423. The molecule has 2 amide bonds. The smallest absolute Gasteiger partial charge is 0.410 e. The minimum absolute atomic E-state index is 0.0642. The molecular weight excluding hydrogens is 423 g/mol. The topological polar surface area (TPSA) is 66.9 Å². The second-order valence-electron chi connectivity index (χ2n) is 9.42. The van der Waals surface area contributed by atoms with Gasteiger partial charge in [0.25, 0.3) is 5.91 Å². The van der Waals surface area contributed by atoms with E-state index in [1.54, 1.807) is 42.3 Å². The molecule has 2 aromatic rings. The van der Waals surface area contributed by atoms with Crippen LogP contribution in [0.4, 0.5) is 9.18 Å². The van der Waals surface area contributed by atoms with Gasteiger partial charge < -0.3 is 14.5 Å². The zero-order valence-corrected chi connectivity index (χ0v) is 19.6. The first-order chi connectivity index (χ1) is 15.6. The Bertz CT molecular complexity index is 1020. The summed E-state index contributed by atoms with van der Waals surface area (Å²) < 4.78 is 20.4. The number of halogens is 1. The van der Waals surface area contributed by atoms with Crippen LogP contribution in [0.15, 0.2) is 42.5 Å². The number of nitrogens with zero attached hydrogens (tertiary/aromatic N) is 2. The molecule has 2 aromatic carbocycles. The van der Waals surface area contributed by atoms with Crippen LogP contribution in [0.1, 0.15) is 71.4 Å². The molecule has 0 radical (unpaired) electrons. The Morgan fingerprint density at radius 2 is 1.79 bits per heavy atom. The molecule has 7 heteroatoms. The molecule has 0 saturated carbocycles. The summed E-state index contributed by atoms with van der Waals surface area (Å²) in [6.45, 7) is 6.66. The van der Waals surface area contributed by atoms with Gasteiger partial charge >= 0.3 is 6.09 Å². The highest BCUT2D eigenvalue weighted by molar-refractivity contribution is 6.01. The lowest BCUT2D eigenvalue weighted by Crippen LogP contribution is -2.41. The van der Waals surface area contributed by atoms with Crippen LogP contribution >= 0.6 is 0 Å². The van der Waals surface area contributed by atoms with E-state index in [0.717, 1.165) is 5.56 Å². The lowest BCUT2D eigenvalue weighted by molar-refractivity contribution is 0.0203. The van der Waals surface area contributed by atoms with Crippen molar-refractivity contribution in [3.05, 3.63) is 70.5 Å². The largest absolute Gasteiger partial charge is 0.444 e. The molecule has 1 saturated heterocycles. The van der Waals surface area contributed by atoms with Gasteiger partial charge in [-0.3, -0.25) is 9.59 Å². The van der Waals surface area contributed by atoms with E-state index in [1.807, 2.05) is 26.8 Å². The third kappa shape index (κ3) is 5.97. The second kappa shape index (κ2) is 10.1. The zero-order chi connectivity index (χ0) is 24.2. The van der Waals surface area contributed by atoms with Gasteiger partial charge in [0.1, 0.15) is 11.4 Å². The molecule has 0 aliphatic carbocycles. The molecule has 0 atom stereocenters. The van der Waals surface area contributed by atoms with E-state index in [2.05, 4.69) is 0 Å². The predicted octanol–water partition coefficient (Wildman–Crippen LogP) is 5.02. The molecule has 1 heterocycles. The molecule has 0 spiro atoms. The summed E-state index contributed by atoms with van der Waals surface area (Å²) in [5.74, 6) is -0.671. The quantitative estimate of drug-likeness (QED) is 0.595. The molecule has 176 valence electrons. The van der Waals surface area contributed by atoms with Gasteiger partial charge in [0.2, 0.25) is 0 Å². The van der Waals surface area contributed by atoms with Crippen LogP contribution in [0.3, 0.4) is 0 Å². The van der Waals surface area contributed by atoms with Crippen LogP contribution < -0.4 is 0 Å². The number of hydrogen-bond acceptors (Lipinski definition) is 4. The molecule has 1 aliphatic heterocycles. The summed E-state index contributed by atoms with van der Waals surface area (Å²) in [6.07, 6.45) is 1.53. The average Bonchev–Trinajstić information content (AvgIpc) is 2.77. The van der Waals surface area contributed by atoms with Crippen molar-refractivity contribution in [3.8, 4) is 0 Å². The standard InChI is InChI=1S/C26H31FN2O4/c1-26(2,3)33-25(32)29-14-12-18(13-15-29)23-19(9-7-11-22(23)27)16-28(4)24(31)21-10-6-5-8-20(21)17-30/h5-11,17-18H,12-16H2,1-4H3. The van der Waals surface area contributed by atoms with Crippen molar-refractivity contribution >= 4 is 18.3 Å². The van der Waals surface area contributed by atoms with Crippen LogP contribution in [-0.2, 0) is 11.3 Å². The number of carbonyl (C=O) groups excluding carboxylic acids is 3. The average molecular weight is 455 g/mol. The van der Waals surface area contributed by atoms with E-state index in [0.29, 0.717) is 48.9 Å². The fourth-order valence-corrected chi connectivity index (χ4v) is 4.18. The van der Waals surface area contributed by atoms with Gasteiger partial charge in [-0.05, 0) is 62.8 Å². The normalized spacial score (nSPS) is 14.6. The molecular formula is C26H31FN2O4. The number of amides is 2. The second-order valence-corrected chi connectivity index (χ2v) is 9.42. The summed E-state index contributed by atoms with van der Waals surface area (Å²) in [5, 5.41) is 0. The summed E-state index contributed by atoms with van der Waals surface area (Å²) >= 11 is 0. The van der Waals surface area contributed by atoms with Gasteiger partial charge in [0.05, 0.1) is 5.56 Å². The number of piperidine rings is 1. The number of benzene rings is 2. The van der Waals surface area contributed by atoms with Gasteiger partial charge in [0, 0.05) is 32.2 Å². The van der Waals surface area contributed by atoms with E-state index in [1.165, 1.54) is 11.0 Å². The van der Waals surface area contributed by atoms with Gasteiger partial charge in [-0.2, -0.15) is 0 Å². The van der Waals surface area contributed by atoms with Crippen molar-refractivity contribution in [2.75, 3.05) is 20.1 Å². The molecule has 0 aromatic heterocycles. The van der Waals surface area contributed by atoms with Crippen molar-refractivity contribution in [3.63, 3.8) is 0 Å². The van der Waals surface area contributed by atoms with E-state index in [9.17, 15) is 18.8 Å². The number of likely N-dealkylation sites (tertiary alicyclic amines) is 1. The molecule has 0 N–H and O–H groups in total. The van der Waals surface area contributed by atoms with Crippen LogP contribution in [0.25, 0.3) is 0 Å². The molecule has 6 nitrogen and oxygen atoms in total. The fourth-order valence-electron chi connectivity index (χ4n) is 4.18. The highest BCUT2D eigenvalue weighted by Crippen LogP contribution is 2.33. The number of carbonyl (C=O) groups is 3. The van der Waals surface area contributed by atoms with Crippen molar-refractivity contribution in [1.82, 2.24) is 9.80 Å². The minimum atomic E-state index is -0.563. The van der Waals surface area contributed by atoms with Crippen molar-refractivity contribution < 1.29 is 23.5 Å². The molecule has 33 heavy (non-hydrogen) atoms. The first-order valence-electron chi connectivity index (χ1n) is 11.2. The Morgan fingerprint density at radius 1 is 1.12 bits per heavy atom. The highest BCUT2D eigenvalue weighted by atomic mass is 19.1.